The largest absolute Gasteiger partial charge is 0.369 e. The molecule has 0 atom stereocenters. The van der Waals surface area contributed by atoms with Gasteiger partial charge in [0.2, 0.25) is 5.95 Å². The molecule has 0 fully saturated rings. The second-order valence-corrected chi connectivity index (χ2v) is 5.12. The molecule has 0 radical (unpaired) electrons. The van der Waals surface area contributed by atoms with E-state index in [4.69, 9.17) is 5.73 Å². The van der Waals surface area contributed by atoms with E-state index >= 15 is 0 Å². The van der Waals surface area contributed by atoms with Crippen LogP contribution in [0.2, 0.25) is 0 Å². The minimum absolute atomic E-state index is 0.605. The third-order valence-corrected chi connectivity index (χ3v) is 3.54. The fraction of sp³-hybridized carbons (Fsp3) is 0.333. The van der Waals surface area contributed by atoms with E-state index in [2.05, 4.69) is 44.2 Å². The highest BCUT2D eigenvalue weighted by Gasteiger charge is 2.07. The van der Waals surface area contributed by atoms with Gasteiger partial charge in [-0.05, 0) is 37.5 Å². The molecule has 1 aromatic carbocycles. The summed E-state index contributed by atoms with van der Waals surface area (Å²) in [6.07, 6.45) is 7.82. The van der Waals surface area contributed by atoms with Crippen molar-refractivity contribution in [2.24, 2.45) is 0 Å². The number of hydrogen-bond acceptors (Lipinski definition) is 3. The van der Waals surface area contributed by atoms with Gasteiger partial charge in [-0.1, -0.05) is 6.07 Å². The molecule has 2 aromatic heterocycles. The number of imidazole rings is 2. The minimum atomic E-state index is 0.605. The number of nitrogens with zero attached hydrogens (tertiary/aromatic N) is 4. The van der Waals surface area contributed by atoms with Gasteiger partial charge in [0.25, 0.3) is 0 Å². The molecule has 0 saturated carbocycles. The second kappa shape index (κ2) is 5.36. The van der Waals surface area contributed by atoms with Crippen LogP contribution < -0.4 is 5.73 Å². The lowest BCUT2D eigenvalue weighted by atomic mass is 10.2. The SMILES string of the molecule is Cc1ccc2c(c1)nc(N)n2CCCCn1ccnc1. The number of hydrogen-bond donors (Lipinski definition) is 1. The highest BCUT2D eigenvalue weighted by atomic mass is 15.1. The Kier molecular flexibility index (Phi) is 3.41. The fourth-order valence-corrected chi connectivity index (χ4v) is 2.48. The first-order valence-corrected chi connectivity index (χ1v) is 6.92. The van der Waals surface area contributed by atoms with Crippen LogP contribution in [0.3, 0.4) is 0 Å². The smallest absolute Gasteiger partial charge is 0.201 e. The summed E-state index contributed by atoms with van der Waals surface area (Å²) in [5.74, 6) is 0.605. The maximum atomic E-state index is 6.02. The lowest BCUT2D eigenvalue weighted by Gasteiger charge is -2.07. The van der Waals surface area contributed by atoms with E-state index in [-0.39, 0.29) is 0 Å². The minimum Gasteiger partial charge on any atom is -0.369 e. The van der Waals surface area contributed by atoms with Crippen molar-refractivity contribution in [2.45, 2.75) is 32.9 Å². The Morgan fingerprint density at radius 2 is 2.05 bits per heavy atom. The van der Waals surface area contributed by atoms with Gasteiger partial charge < -0.3 is 14.9 Å². The average Bonchev–Trinajstić information content (AvgIpc) is 3.02. The van der Waals surface area contributed by atoms with E-state index in [0.717, 1.165) is 37.0 Å². The third kappa shape index (κ3) is 2.52. The van der Waals surface area contributed by atoms with Crippen LogP contribution in [-0.2, 0) is 13.1 Å². The van der Waals surface area contributed by atoms with E-state index in [1.807, 2.05) is 18.7 Å². The van der Waals surface area contributed by atoms with Gasteiger partial charge in [0.1, 0.15) is 0 Å². The van der Waals surface area contributed by atoms with Crippen LogP contribution in [0, 0.1) is 6.92 Å². The predicted molar refractivity (Wildman–Crippen MR) is 80.3 cm³/mol. The van der Waals surface area contributed by atoms with Crippen LogP contribution in [0.25, 0.3) is 11.0 Å². The molecular formula is C15H19N5. The summed E-state index contributed by atoms with van der Waals surface area (Å²) in [5, 5.41) is 0. The monoisotopic (exact) mass is 269 g/mol. The summed E-state index contributed by atoms with van der Waals surface area (Å²) in [6, 6.07) is 6.28. The normalized spacial score (nSPS) is 11.2. The van der Waals surface area contributed by atoms with Crippen LogP contribution in [0.4, 0.5) is 5.95 Å². The zero-order valence-corrected chi connectivity index (χ0v) is 11.7. The topological polar surface area (TPSA) is 61.7 Å². The molecule has 0 aliphatic heterocycles. The Hall–Kier alpha value is -2.30. The molecule has 0 saturated heterocycles. The summed E-state index contributed by atoms with van der Waals surface area (Å²) < 4.78 is 4.20. The molecule has 0 bridgehead atoms. The van der Waals surface area contributed by atoms with Crippen molar-refractivity contribution in [1.29, 1.82) is 0 Å². The molecular weight excluding hydrogens is 250 g/mol. The van der Waals surface area contributed by atoms with Gasteiger partial charge in [-0.2, -0.15) is 0 Å². The van der Waals surface area contributed by atoms with Crippen molar-refractivity contribution < 1.29 is 0 Å². The zero-order chi connectivity index (χ0) is 13.9. The second-order valence-electron chi connectivity index (χ2n) is 5.12. The standard InChI is InChI=1S/C15H19N5/c1-12-4-5-14-13(10-12)18-15(16)20(14)8-3-2-7-19-9-6-17-11-19/h4-6,9-11H,2-3,7-8H2,1H3,(H2,16,18). The molecule has 3 aromatic rings. The van der Waals surface area contributed by atoms with Crippen molar-refractivity contribution in [3.8, 4) is 0 Å². The molecule has 2 heterocycles. The van der Waals surface area contributed by atoms with Crippen molar-refractivity contribution in [3.63, 3.8) is 0 Å². The third-order valence-electron chi connectivity index (χ3n) is 3.54. The first-order valence-electron chi connectivity index (χ1n) is 6.92. The van der Waals surface area contributed by atoms with E-state index in [1.165, 1.54) is 5.56 Å². The van der Waals surface area contributed by atoms with Gasteiger partial charge in [0.05, 0.1) is 17.4 Å². The number of aromatic nitrogens is 4. The highest BCUT2D eigenvalue weighted by molar-refractivity contribution is 5.79. The van der Waals surface area contributed by atoms with Crippen molar-refractivity contribution in [3.05, 3.63) is 42.5 Å². The van der Waals surface area contributed by atoms with E-state index in [9.17, 15) is 0 Å². The van der Waals surface area contributed by atoms with Gasteiger partial charge in [0.15, 0.2) is 0 Å². The summed E-state index contributed by atoms with van der Waals surface area (Å²) in [7, 11) is 0. The van der Waals surface area contributed by atoms with Crippen LogP contribution in [-0.4, -0.2) is 19.1 Å². The molecule has 0 aliphatic carbocycles. The molecule has 5 nitrogen and oxygen atoms in total. The van der Waals surface area contributed by atoms with Crippen molar-refractivity contribution in [1.82, 2.24) is 19.1 Å². The van der Waals surface area contributed by atoms with Gasteiger partial charge in [-0.25, -0.2) is 9.97 Å². The van der Waals surface area contributed by atoms with Crippen LogP contribution >= 0.6 is 0 Å². The maximum Gasteiger partial charge on any atom is 0.201 e. The Morgan fingerprint density at radius 3 is 2.85 bits per heavy atom. The summed E-state index contributed by atoms with van der Waals surface area (Å²) in [4.78, 5) is 8.47. The van der Waals surface area contributed by atoms with Crippen molar-refractivity contribution in [2.75, 3.05) is 5.73 Å². The Balaban J connectivity index is 1.66. The maximum absolute atomic E-state index is 6.02. The van der Waals surface area contributed by atoms with E-state index in [0.29, 0.717) is 5.95 Å². The quantitative estimate of drug-likeness (QED) is 0.724. The Bertz CT molecular complexity index is 696. The Labute approximate surface area is 118 Å². The molecule has 2 N–H and O–H groups in total. The zero-order valence-electron chi connectivity index (χ0n) is 11.7. The number of fused-ring (bicyclic) bond motifs is 1. The fourth-order valence-electron chi connectivity index (χ4n) is 2.48. The van der Waals surface area contributed by atoms with Crippen LogP contribution in [0.15, 0.2) is 36.9 Å². The number of nitrogen functional groups attached to an aromatic ring is 1. The summed E-state index contributed by atoms with van der Waals surface area (Å²) in [5.41, 5.74) is 9.33. The van der Waals surface area contributed by atoms with E-state index in [1.54, 1.807) is 0 Å². The van der Waals surface area contributed by atoms with Gasteiger partial charge in [-0.15, -0.1) is 0 Å². The predicted octanol–water partition coefficient (Wildman–Crippen LogP) is 2.60. The number of unbranched alkanes of at least 4 members (excludes halogenated alkanes) is 1. The molecule has 0 spiro atoms. The molecule has 20 heavy (non-hydrogen) atoms. The van der Waals surface area contributed by atoms with Crippen LogP contribution in [0.1, 0.15) is 18.4 Å². The molecule has 5 heteroatoms. The molecule has 0 aliphatic rings. The van der Waals surface area contributed by atoms with E-state index < -0.39 is 0 Å². The first kappa shape index (κ1) is 12.7. The number of anilines is 1. The first-order chi connectivity index (χ1) is 9.74. The molecule has 3 rings (SSSR count). The lowest BCUT2D eigenvalue weighted by Crippen LogP contribution is -2.04. The number of rotatable bonds is 5. The highest BCUT2D eigenvalue weighted by Crippen LogP contribution is 2.19. The Morgan fingerprint density at radius 1 is 1.20 bits per heavy atom. The number of benzene rings is 1. The van der Waals surface area contributed by atoms with Gasteiger partial charge in [-0.3, -0.25) is 0 Å². The van der Waals surface area contributed by atoms with Gasteiger partial charge in [0, 0.05) is 25.5 Å². The molecule has 104 valence electrons. The van der Waals surface area contributed by atoms with Crippen molar-refractivity contribution >= 4 is 17.0 Å². The van der Waals surface area contributed by atoms with Crippen LogP contribution in [0.5, 0.6) is 0 Å². The average molecular weight is 269 g/mol. The molecule has 0 unspecified atom stereocenters. The molecule has 0 amide bonds. The number of nitrogens with two attached hydrogens (primary N) is 1. The van der Waals surface area contributed by atoms with Gasteiger partial charge >= 0.3 is 0 Å². The lowest BCUT2D eigenvalue weighted by molar-refractivity contribution is 0.562. The summed E-state index contributed by atoms with van der Waals surface area (Å²) in [6.45, 7) is 3.96. The summed E-state index contributed by atoms with van der Waals surface area (Å²) >= 11 is 0. The number of aryl methyl sites for hydroxylation is 3.